The van der Waals surface area contributed by atoms with Gasteiger partial charge in [0.25, 0.3) is 0 Å². The van der Waals surface area contributed by atoms with Crippen molar-refractivity contribution in [2.45, 2.75) is 19.1 Å². The summed E-state index contributed by atoms with van der Waals surface area (Å²) in [5.41, 5.74) is 0.803. The molecule has 0 unspecified atom stereocenters. The molecule has 2 amide bonds. The lowest BCUT2D eigenvalue weighted by Crippen LogP contribution is -2.46. The molecular weight excluding hydrogens is 251 g/mol. The van der Waals surface area contributed by atoms with E-state index in [-0.39, 0.29) is 18.5 Å². The zero-order valence-corrected chi connectivity index (χ0v) is 10.9. The van der Waals surface area contributed by atoms with Crippen LogP contribution in [0, 0.1) is 12.7 Å². The van der Waals surface area contributed by atoms with E-state index in [2.05, 4.69) is 5.32 Å². The van der Waals surface area contributed by atoms with E-state index in [1.54, 1.807) is 20.0 Å². The zero-order chi connectivity index (χ0) is 14.0. The van der Waals surface area contributed by atoms with Crippen LogP contribution in [0.25, 0.3) is 0 Å². The quantitative estimate of drug-likeness (QED) is 0.851. The Hall–Kier alpha value is -1.66. The summed E-state index contributed by atoms with van der Waals surface area (Å²) in [7, 11) is 1.58. The van der Waals surface area contributed by atoms with Gasteiger partial charge >= 0.3 is 6.03 Å². The molecular formula is C13H17FN2O3. The van der Waals surface area contributed by atoms with Crippen molar-refractivity contribution < 1.29 is 19.0 Å². The number of nitrogens with zero attached hydrogens (tertiary/aromatic N) is 1. The van der Waals surface area contributed by atoms with Gasteiger partial charge in [0, 0.05) is 18.3 Å². The number of nitrogens with one attached hydrogen (secondary N) is 1. The maximum Gasteiger partial charge on any atom is 0.322 e. The first-order chi connectivity index (χ1) is 9.00. The van der Waals surface area contributed by atoms with Crippen LogP contribution >= 0.6 is 0 Å². The lowest BCUT2D eigenvalue weighted by atomic mass is 10.2. The van der Waals surface area contributed by atoms with Gasteiger partial charge in [-0.2, -0.15) is 0 Å². The molecule has 0 aliphatic carbocycles. The van der Waals surface area contributed by atoms with Gasteiger partial charge in [-0.15, -0.1) is 0 Å². The van der Waals surface area contributed by atoms with Gasteiger partial charge in [-0.05, 0) is 19.1 Å². The van der Waals surface area contributed by atoms with E-state index in [1.807, 2.05) is 0 Å². The molecule has 1 aliphatic heterocycles. The molecule has 2 rings (SSSR count). The number of ether oxygens (including phenoxy) is 1. The third-order valence-electron chi connectivity index (χ3n) is 3.35. The molecule has 1 aliphatic rings. The normalized spacial score (nSPS) is 22.3. The number of urea groups is 1. The Morgan fingerprint density at radius 3 is 2.89 bits per heavy atom. The fourth-order valence-corrected chi connectivity index (χ4v) is 2.00. The molecule has 104 valence electrons. The van der Waals surface area contributed by atoms with Crippen molar-refractivity contribution in [3.8, 4) is 0 Å². The summed E-state index contributed by atoms with van der Waals surface area (Å²) in [6, 6.07) is 3.72. The number of hydrogen-bond donors (Lipinski definition) is 2. The maximum atomic E-state index is 13.4. The number of hydrogen-bond acceptors (Lipinski definition) is 3. The van der Waals surface area contributed by atoms with Gasteiger partial charge in [-0.3, -0.25) is 0 Å². The molecule has 1 aromatic carbocycles. The Kier molecular flexibility index (Phi) is 4.01. The molecule has 0 aromatic heterocycles. The highest BCUT2D eigenvalue weighted by atomic mass is 19.1. The van der Waals surface area contributed by atoms with Crippen LogP contribution < -0.4 is 5.32 Å². The minimum atomic E-state index is -0.690. The molecule has 0 saturated carbocycles. The third-order valence-corrected chi connectivity index (χ3v) is 3.35. The molecule has 1 saturated heterocycles. The van der Waals surface area contributed by atoms with Gasteiger partial charge in [0.1, 0.15) is 5.82 Å². The lowest BCUT2D eigenvalue weighted by molar-refractivity contribution is 0.106. The number of anilines is 1. The van der Waals surface area contributed by atoms with Gasteiger partial charge in [-0.1, -0.05) is 6.07 Å². The minimum absolute atomic E-state index is 0.223. The minimum Gasteiger partial charge on any atom is -0.388 e. The molecule has 1 fully saturated rings. The highest BCUT2D eigenvalue weighted by Crippen LogP contribution is 2.19. The SMILES string of the molecule is Cc1c(F)cccc1NC(=O)N(C)[C@@H]1COC[C@H]1O. The Bertz CT molecular complexity index is 481. The molecule has 1 heterocycles. The smallest absolute Gasteiger partial charge is 0.322 e. The number of aliphatic hydroxyl groups is 1. The van der Waals surface area contributed by atoms with Gasteiger partial charge in [0.05, 0.1) is 25.4 Å². The highest BCUT2D eigenvalue weighted by Gasteiger charge is 2.32. The summed E-state index contributed by atoms with van der Waals surface area (Å²) in [5, 5.41) is 12.3. The van der Waals surface area contributed by atoms with E-state index >= 15 is 0 Å². The van der Waals surface area contributed by atoms with E-state index in [0.29, 0.717) is 17.9 Å². The van der Waals surface area contributed by atoms with E-state index < -0.39 is 12.1 Å². The number of halogens is 1. The van der Waals surface area contributed by atoms with Crippen LogP contribution in [0.3, 0.4) is 0 Å². The third kappa shape index (κ3) is 2.85. The van der Waals surface area contributed by atoms with Crippen LogP contribution in [0.4, 0.5) is 14.9 Å². The number of carbonyl (C=O) groups is 1. The average Bonchev–Trinajstić information content (AvgIpc) is 2.80. The van der Waals surface area contributed by atoms with Crippen molar-refractivity contribution in [3.63, 3.8) is 0 Å². The molecule has 19 heavy (non-hydrogen) atoms. The van der Waals surface area contributed by atoms with Crippen molar-refractivity contribution in [1.82, 2.24) is 4.90 Å². The topological polar surface area (TPSA) is 61.8 Å². The monoisotopic (exact) mass is 268 g/mol. The van der Waals surface area contributed by atoms with Crippen LogP contribution in [0.2, 0.25) is 0 Å². The van der Waals surface area contributed by atoms with E-state index in [9.17, 15) is 14.3 Å². The van der Waals surface area contributed by atoms with Crippen molar-refractivity contribution in [3.05, 3.63) is 29.6 Å². The second-order valence-electron chi connectivity index (χ2n) is 4.63. The number of amides is 2. The van der Waals surface area contributed by atoms with Crippen molar-refractivity contribution in [2.75, 3.05) is 25.6 Å². The molecule has 0 bridgehead atoms. The number of benzene rings is 1. The lowest BCUT2D eigenvalue weighted by Gasteiger charge is -2.26. The van der Waals surface area contributed by atoms with E-state index in [4.69, 9.17) is 4.74 Å². The van der Waals surface area contributed by atoms with Crippen molar-refractivity contribution >= 4 is 11.7 Å². The van der Waals surface area contributed by atoms with Crippen LogP contribution in [0.15, 0.2) is 18.2 Å². The van der Waals surface area contributed by atoms with Gasteiger partial charge in [0.2, 0.25) is 0 Å². The van der Waals surface area contributed by atoms with Crippen LogP contribution in [-0.4, -0.2) is 48.4 Å². The largest absolute Gasteiger partial charge is 0.388 e. The Morgan fingerprint density at radius 1 is 1.53 bits per heavy atom. The van der Waals surface area contributed by atoms with Crippen LogP contribution in [0.1, 0.15) is 5.56 Å². The summed E-state index contributed by atoms with van der Waals surface area (Å²) < 4.78 is 18.5. The van der Waals surface area contributed by atoms with E-state index in [0.717, 1.165) is 0 Å². The molecule has 1 aromatic rings. The first-order valence-electron chi connectivity index (χ1n) is 6.05. The number of aliphatic hydroxyl groups excluding tert-OH is 1. The molecule has 5 nitrogen and oxygen atoms in total. The number of rotatable bonds is 2. The second-order valence-corrected chi connectivity index (χ2v) is 4.63. The van der Waals surface area contributed by atoms with Gasteiger partial charge in [-0.25, -0.2) is 9.18 Å². The summed E-state index contributed by atoms with van der Waals surface area (Å²) >= 11 is 0. The summed E-state index contributed by atoms with van der Waals surface area (Å²) in [4.78, 5) is 13.4. The maximum absolute atomic E-state index is 13.4. The van der Waals surface area contributed by atoms with Gasteiger partial charge in [0.15, 0.2) is 0 Å². The van der Waals surface area contributed by atoms with Crippen LogP contribution in [-0.2, 0) is 4.74 Å². The van der Waals surface area contributed by atoms with Crippen molar-refractivity contribution in [1.29, 1.82) is 0 Å². The first kappa shape index (κ1) is 13.8. The van der Waals surface area contributed by atoms with Gasteiger partial charge < -0.3 is 20.1 Å². The summed E-state index contributed by atoms with van der Waals surface area (Å²) in [6.45, 7) is 2.12. The van der Waals surface area contributed by atoms with Crippen LogP contribution in [0.5, 0.6) is 0 Å². The Morgan fingerprint density at radius 2 is 2.26 bits per heavy atom. The molecule has 0 spiro atoms. The van der Waals surface area contributed by atoms with Crippen molar-refractivity contribution in [2.24, 2.45) is 0 Å². The molecule has 6 heteroatoms. The predicted molar refractivity (Wildman–Crippen MR) is 68.5 cm³/mol. The second kappa shape index (κ2) is 5.54. The standard InChI is InChI=1S/C13H17FN2O3/c1-8-9(14)4-3-5-10(8)15-13(18)16(2)11-6-19-7-12(11)17/h3-5,11-12,17H,6-7H2,1-2H3,(H,15,18)/t11-,12-/m1/s1. The summed E-state index contributed by atoms with van der Waals surface area (Å²) in [6.07, 6.45) is -0.690. The predicted octanol–water partition coefficient (Wildman–Crippen LogP) is 1.36. The molecule has 2 N–H and O–H groups in total. The summed E-state index contributed by atoms with van der Waals surface area (Å²) in [5.74, 6) is -0.371. The number of likely N-dealkylation sites (N-methyl/N-ethyl adjacent to an activating group) is 1. The fraction of sp³-hybridized carbons (Fsp3) is 0.462. The Labute approximate surface area is 111 Å². The average molecular weight is 268 g/mol. The van der Waals surface area contributed by atoms with E-state index in [1.165, 1.54) is 17.0 Å². The number of carbonyl (C=O) groups excluding carboxylic acids is 1. The zero-order valence-electron chi connectivity index (χ0n) is 10.9. The first-order valence-corrected chi connectivity index (χ1v) is 6.05. The molecule has 0 radical (unpaired) electrons. The fourth-order valence-electron chi connectivity index (χ4n) is 2.00. The Balaban J connectivity index is 2.06. The highest BCUT2D eigenvalue weighted by molar-refractivity contribution is 5.90. The molecule has 2 atom stereocenters.